The number of rotatable bonds is 6. The number of likely N-dealkylation sites (N-methyl/N-ethyl adjacent to an activating group) is 1. The van der Waals surface area contributed by atoms with Crippen molar-refractivity contribution in [3.8, 4) is 5.75 Å². The van der Waals surface area contributed by atoms with Gasteiger partial charge in [0.25, 0.3) is 5.91 Å². The third-order valence-electron chi connectivity index (χ3n) is 4.91. The first-order valence-corrected chi connectivity index (χ1v) is 12.1. The van der Waals surface area contributed by atoms with Crippen molar-refractivity contribution in [2.45, 2.75) is 6.61 Å². The standard InChI is InChI=1S/C25H18BrClN2O4S/c1-29-23(30)22(34-25(29)28-20-9-4-16(5-10-20)24(31)32)13-17-12-18(26)6-11-21(17)33-14-15-2-7-19(27)8-3-15/h2-13H,14H2,1H3,(H,31,32)/b22-13-,28-25?. The molecule has 172 valence electrons. The SMILES string of the molecule is CN1C(=O)/C(=C/c2cc(Br)ccc2OCc2ccc(Cl)cc2)SC1=Nc1ccc(C(=O)O)cc1. The van der Waals surface area contributed by atoms with Crippen LogP contribution in [0.15, 0.2) is 81.1 Å². The second-order valence-corrected chi connectivity index (χ2v) is 9.68. The molecule has 6 nitrogen and oxygen atoms in total. The van der Waals surface area contributed by atoms with Gasteiger partial charge in [-0.05, 0) is 78.0 Å². The molecule has 0 saturated carbocycles. The molecule has 1 heterocycles. The van der Waals surface area contributed by atoms with Crippen LogP contribution in [-0.2, 0) is 11.4 Å². The van der Waals surface area contributed by atoms with Gasteiger partial charge in [0.2, 0.25) is 0 Å². The number of ether oxygens (including phenoxy) is 1. The lowest BCUT2D eigenvalue weighted by molar-refractivity contribution is -0.121. The smallest absolute Gasteiger partial charge is 0.335 e. The molecule has 1 aliphatic heterocycles. The van der Waals surface area contributed by atoms with Crippen molar-refractivity contribution in [3.05, 3.63) is 97.8 Å². The van der Waals surface area contributed by atoms with Gasteiger partial charge in [0, 0.05) is 22.1 Å². The number of benzene rings is 3. The Labute approximate surface area is 214 Å². The maximum Gasteiger partial charge on any atom is 0.335 e. The van der Waals surface area contributed by atoms with E-state index in [-0.39, 0.29) is 11.5 Å². The van der Waals surface area contributed by atoms with Crippen molar-refractivity contribution in [3.63, 3.8) is 0 Å². The summed E-state index contributed by atoms with van der Waals surface area (Å²) in [6, 6.07) is 19.2. The Balaban J connectivity index is 1.57. The summed E-state index contributed by atoms with van der Waals surface area (Å²) in [6.07, 6.45) is 1.78. The van der Waals surface area contributed by atoms with Crippen LogP contribution in [0, 0.1) is 0 Å². The minimum absolute atomic E-state index is 0.175. The summed E-state index contributed by atoms with van der Waals surface area (Å²) in [5.74, 6) is -0.555. The average Bonchev–Trinajstić information content (AvgIpc) is 3.07. The Bertz CT molecular complexity index is 1310. The van der Waals surface area contributed by atoms with E-state index in [0.717, 1.165) is 15.6 Å². The van der Waals surface area contributed by atoms with E-state index < -0.39 is 5.97 Å². The van der Waals surface area contributed by atoms with Gasteiger partial charge in [0.1, 0.15) is 12.4 Å². The summed E-state index contributed by atoms with van der Waals surface area (Å²) in [6.45, 7) is 0.356. The molecule has 0 aromatic heterocycles. The van der Waals surface area contributed by atoms with E-state index in [0.29, 0.717) is 33.1 Å². The largest absolute Gasteiger partial charge is 0.488 e. The minimum atomic E-state index is -1.00. The van der Waals surface area contributed by atoms with E-state index in [9.17, 15) is 9.59 Å². The van der Waals surface area contributed by atoms with Crippen LogP contribution in [0.25, 0.3) is 6.08 Å². The fraction of sp³-hybridized carbons (Fsp3) is 0.0800. The highest BCUT2D eigenvalue weighted by molar-refractivity contribution is 9.10. The van der Waals surface area contributed by atoms with Crippen molar-refractivity contribution < 1.29 is 19.4 Å². The summed E-state index contributed by atoms with van der Waals surface area (Å²) in [7, 11) is 1.65. The van der Waals surface area contributed by atoms with Crippen molar-refractivity contribution in [1.82, 2.24) is 4.90 Å². The van der Waals surface area contributed by atoms with E-state index in [2.05, 4.69) is 20.9 Å². The third-order valence-corrected chi connectivity index (χ3v) is 6.71. The van der Waals surface area contributed by atoms with Crippen LogP contribution < -0.4 is 4.74 Å². The van der Waals surface area contributed by atoms with E-state index in [1.54, 1.807) is 25.3 Å². The monoisotopic (exact) mass is 556 g/mol. The van der Waals surface area contributed by atoms with Gasteiger partial charge in [-0.3, -0.25) is 9.69 Å². The molecule has 0 unspecified atom stereocenters. The molecule has 0 radical (unpaired) electrons. The molecule has 1 amide bonds. The molecule has 0 spiro atoms. The summed E-state index contributed by atoms with van der Waals surface area (Å²) < 4.78 is 6.88. The first-order chi connectivity index (χ1) is 16.3. The number of hydrogen-bond donors (Lipinski definition) is 1. The van der Waals surface area contributed by atoms with Crippen LogP contribution in [-0.4, -0.2) is 34.1 Å². The zero-order valence-electron chi connectivity index (χ0n) is 17.9. The molecule has 3 aromatic rings. The second kappa shape index (κ2) is 10.5. The van der Waals surface area contributed by atoms with Crippen LogP contribution in [0.4, 0.5) is 5.69 Å². The zero-order valence-corrected chi connectivity index (χ0v) is 21.0. The molecular formula is C25H18BrClN2O4S. The van der Waals surface area contributed by atoms with Gasteiger partial charge in [-0.2, -0.15) is 0 Å². The van der Waals surface area contributed by atoms with Crippen LogP contribution in [0.2, 0.25) is 5.02 Å². The zero-order chi connectivity index (χ0) is 24.2. The van der Waals surface area contributed by atoms with Crippen molar-refractivity contribution in [1.29, 1.82) is 0 Å². The third kappa shape index (κ3) is 5.70. The van der Waals surface area contributed by atoms with Gasteiger partial charge in [0.05, 0.1) is 16.2 Å². The molecule has 0 atom stereocenters. The van der Waals surface area contributed by atoms with Gasteiger partial charge in [0.15, 0.2) is 5.17 Å². The maximum absolute atomic E-state index is 12.9. The van der Waals surface area contributed by atoms with Crippen LogP contribution in [0.3, 0.4) is 0 Å². The van der Waals surface area contributed by atoms with Crippen molar-refractivity contribution in [2.24, 2.45) is 4.99 Å². The maximum atomic E-state index is 12.9. The number of hydrogen-bond acceptors (Lipinski definition) is 5. The van der Waals surface area contributed by atoms with Gasteiger partial charge in [-0.25, -0.2) is 9.79 Å². The molecule has 9 heteroatoms. The number of aliphatic imine (C=N–C) groups is 1. The normalized spacial score (nSPS) is 15.9. The predicted octanol–water partition coefficient (Wildman–Crippen LogP) is 6.61. The Kier molecular flexibility index (Phi) is 7.41. The highest BCUT2D eigenvalue weighted by atomic mass is 79.9. The number of carbonyl (C=O) groups is 2. The number of amidine groups is 1. The molecule has 1 saturated heterocycles. The molecule has 0 aliphatic carbocycles. The number of amides is 1. The van der Waals surface area contributed by atoms with E-state index >= 15 is 0 Å². The fourth-order valence-corrected chi connectivity index (χ4v) is 4.57. The Morgan fingerprint density at radius 2 is 1.85 bits per heavy atom. The Morgan fingerprint density at radius 1 is 1.15 bits per heavy atom. The molecule has 1 fully saturated rings. The van der Waals surface area contributed by atoms with E-state index in [1.807, 2.05) is 42.5 Å². The first-order valence-electron chi connectivity index (χ1n) is 10.1. The molecule has 4 rings (SSSR count). The van der Waals surface area contributed by atoms with Gasteiger partial charge >= 0.3 is 5.97 Å². The number of nitrogens with zero attached hydrogens (tertiary/aromatic N) is 2. The molecule has 1 aliphatic rings. The first kappa shape index (κ1) is 24.1. The van der Waals surface area contributed by atoms with Gasteiger partial charge in [-0.1, -0.05) is 39.7 Å². The second-order valence-electron chi connectivity index (χ2n) is 7.32. The molecule has 34 heavy (non-hydrogen) atoms. The topological polar surface area (TPSA) is 79.2 Å². The lowest BCUT2D eigenvalue weighted by Crippen LogP contribution is -2.23. The average molecular weight is 558 g/mol. The van der Waals surface area contributed by atoms with Crippen molar-refractivity contribution in [2.75, 3.05) is 7.05 Å². The van der Waals surface area contributed by atoms with E-state index in [4.69, 9.17) is 21.4 Å². The highest BCUT2D eigenvalue weighted by Gasteiger charge is 2.30. The molecule has 3 aromatic carbocycles. The van der Waals surface area contributed by atoms with Crippen LogP contribution in [0.1, 0.15) is 21.5 Å². The number of thioether (sulfide) groups is 1. The summed E-state index contributed by atoms with van der Waals surface area (Å²) in [4.78, 5) is 30.4. The lowest BCUT2D eigenvalue weighted by Gasteiger charge is -2.10. The molecule has 1 N–H and O–H groups in total. The van der Waals surface area contributed by atoms with Crippen LogP contribution in [0.5, 0.6) is 5.75 Å². The van der Waals surface area contributed by atoms with Gasteiger partial charge < -0.3 is 9.84 Å². The van der Waals surface area contributed by atoms with E-state index in [1.165, 1.54) is 28.8 Å². The number of carboxylic acids is 1. The molecular weight excluding hydrogens is 540 g/mol. The molecule has 0 bridgehead atoms. The summed E-state index contributed by atoms with van der Waals surface area (Å²) >= 11 is 10.7. The lowest BCUT2D eigenvalue weighted by atomic mass is 10.1. The predicted molar refractivity (Wildman–Crippen MR) is 139 cm³/mol. The summed E-state index contributed by atoms with van der Waals surface area (Å²) in [5, 5.41) is 10.2. The minimum Gasteiger partial charge on any atom is -0.488 e. The highest BCUT2D eigenvalue weighted by Crippen LogP contribution is 2.35. The van der Waals surface area contributed by atoms with Gasteiger partial charge in [-0.15, -0.1) is 0 Å². The number of halogens is 2. The number of carboxylic acid groups (broad SMARTS) is 1. The Hall–Kier alpha value is -3.07. The Morgan fingerprint density at radius 3 is 2.53 bits per heavy atom. The fourth-order valence-electron chi connectivity index (χ4n) is 3.09. The van der Waals surface area contributed by atoms with Crippen LogP contribution >= 0.6 is 39.3 Å². The van der Waals surface area contributed by atoms with Crippen molar-refractivity contribution >= 4 is 68.1 Å². The summed E-state index contributed by atoms with van der Waals surface area (Å²) in [5.41, 5.74) is 2.46. The number of aromatic carboxylic acids is 1. The number of carbonyl (C=O) groups excluding carboxylic acids is 1. The quantitative estimate of drug-likeness (QED) is 0.345.